The highest BCUT2D eigenvalue weighted by Gasteiger charge is 2.07. The van der Waals surface area contributed by atoms with E-state index in [0.29, 0.717) is 25.6 Å². The van der Waals surface area contributed by atoms with Crippen molar-refractivity contribution < 1.29 is 9.47 Å². The number of ether oxygens (including phenoxy) is 2. The van der Waals surface area contributed by atoms with Gasteiger partial charge in [0.05, 0.1) is 13.2 Å². The summed E-state index contributed by atoms with van der Waals surface area (Å²) in [6, 6.07) is 3.86. The average Bonchev–Trinajstić information content (AvgIpc) is 2.40. The van der Waals surface area contributed by atoms with Gasteiger partial charge in [-0.15, -0.1) is 24.0 Å². The van der Waals surface area contributed by atoms with Crippen LogP contribution in [0.5, 0.6) is 5.88 Å². The van der Waals surface area contributed by atoms with Crippen molar-refractivity contribution in [1.82, 2.24) is 14.8 Å². The van der Waals surface area contributed by atoms with Crippen molar-refractivity contribution in [2.45, 2.75) is 6.54 Å². The first kappa shape index (κ1) is 19.9. The first-order chi connectivity index (χ1) is 9.56. The lowest BCUT2D eigenvalue weighted by Gasteiger charge is -2.22. The lowest BCUT2D eigenvalue weighted by atomic mass is 10.3. The Hall–Kier alpha value is -1.09. The fourth-order valence-corrected chi connectivity index (χ4v) is 1.73. The zero-order valence-electron chi connectivity index (χ0n) is 13.4. The first-order valence-corrected chi connectivity index (χ1v) is 6.51. The predicted molar refractivity (Wildman–Crippen MR) is 95.5 cm³/mol. The van der Waals surface area contributed by atoms with Gasteiger partial charge >= 0.3 is 0 Å². The fraction of sp³-hybridized carbons (Fsp3) is 0.571. The van der Waals surface area contributed by atoms with Gasteiger partial charge in [-0.2, -0.15) is 0 Å². The molecule has 0 saturated heterocycles. The zero-order valence-corrected chi connectivity index (χ0v) is 15.7. The molecule has 0 bridgehead atoms. The van der Waals surface area contributed by atoms with Gasteiger partial charge in [0, 0.05) is 47.1 Å². The fourth-order valence-electron chi connectivity index (χ4n) is 1.73. The van der Waals surface area contributed by atoms with E-state index in [-0.39, 0.29) is 24.0 Å². The number of aliphatic imine (C=N–C) groups is 1. The van der Waals surface area contributed by atoms with Gasteiger partial charge in [0.25, 0.3) is 0 Å². The maximum absolute atomic E-state index is 5.60. The molecule has 0 N–H and O–H groups in total. The summed E-state index contributed by atoms with van der Waals surface area (Å²) in [5.41, 5.74) is 0.963. The van der Waals surface area contributed by atoms with Crippen LogP contribution in [0.2, 0.25) is 0 Å². The van der Waals surface area contributed by atoms with Crippen LogP contribution in [0.25, 0.3) is 0 Å². The third-order valence-electron chi connectivity index (χ3n) is 2.57. The molecule has 0 radical (unpaired) electrons. The molecule has 120 valence electrons. The molecule has 0 saturated carbocycles. The van der Waals surface area contributed by atoms with E-state index < -0.39 is 0 Å². The molecule has 0 aliphatic rings. The zero-order chi connectivity index (χ0) is 15.0. The van der Waals surface area contributed by atoms with Gasteiger partial charge in [0.15, 0.2) is 5.96 Å². The average molecular weight is 408 g/mol. The summed E-state index contributed by atoms with van der Waals surface area (Å²) < 4.78 is 10.6. The molecule has 0 aromatic carbocycles. The Morgan fingerprint density at radius 1 is 1.19 bits per heavy atom. The molecular weight excluding hydrogens is 383 g/mol. The van der Waals surface area contributed by atoms with Crippen molar-refractivity contribution >= 4 is 29.9 Å². The molecule has 0 unspecified atom stereocenters. The van der Waals surface area contributed by atoms with Crippen LogP contribution in [0.1, 0.15) is 5.56 Å². The van der Waals surface area contributed by atoms with Gasteiger partial charge in [-0.05, 0) is 6.07 Å². The van der Waals surface area contributed by atoms with E-state index in [1.807, 2.05) is 50.1 Å². The van der Waals surface area contributed by atoms with E-state index in [1.165, 1.54) is 0 Å². The van der Waals surface area contributed by atoms with Crippen molar-refractivity contribution in [3.8, 4) is 5.88 Å². The van der Waals surface area contributed by atoms with Crippen LogP contribution < -0.4 is 4.74 Å². The van der Waals surface area contributed by atoms with E-state index >= 15 is 0 Å². The van der Waals surface area contributed by atoms with Crippen molar-refractivity contribution in [3.63, 3.8) is 0 Å². The summed E-state index contributed by atoms with van der Waals surface area (Å²) >= 11 is 0. The predicted octanol–water partition coefficient (Wildman–Crippen LogP) is 1.70. The molecule has 1 aromatic heterocycles. The third-order valence-corrected chi connectivity index (χ3v) is 2.57. The molecule has 1 heterocycles. The maximum atomic E-state index is 5.60. The Kier molecular flexibility index (Phi) is 10.1. The molecule has 1 aromatic rings. The minimum absolute atomic E-state index is 0. The van der Waals surface area contributed by atoms with Gasteiger partial charge in [-0.3, -0.25) is 0 Å². The summed E-state index contributed by atoms with van der Waals surface area (Å²) in [6.45, 7) is 1.56. The van der Waals surface area contributed by atoms with Gasteiger partial charge in [-0.1, -0.05) is 6.07 Å². The molecule has 0 fully saturated rings. The summed E-state index contributed by atoms with van der Waals surface area (Å²) in [5.74, 6) is 1.52. The van der Waals surface area contributed by atoms with Crippen LogP contribution >= 0.6 is 24.0 Å². The van der Waals surface area contributed by atoms with Crippen LogP contribution in [-0.4, -0.2) is 69.3 Å². The van der Waals surface area contributed by atoms with E-state index in [1.54, 1.807) is 13.3 Å². The quantitative estimate of drug-likeness (QED) is 0.311. The molecule has 0 amide bonds. The van der Waals surface area contributed by atoms with Gasteiger partial charge in [0.1, 0.15) is 6.61 Å². The monoisotopic (exact) mass is 408 g/mol. The second-order valence-corrected chi connectivity index (χ2v) is 4.71. The van der Waals surface area contributed by atoms with E-state index in [2.05, 4.69) is 9.98 Å². The molecule has 0 aliphatic heterocycles. The summed E-state index contributed by atoms with van der Waals surface area (Å²) in [5, 5.41) is 0. The van der Waals surface area contributed by atoms with E-state index in [4.69, 9.17) is 9.47 Å². The van der Waals surface area contributed by atoms with Gasteiger partial charge in [0.2, 0.25) is 5.88 Å². The number of halogens is 1. The molecule has 7 heteroatoms. The SMILES string of the molecule is COCCOc1ncccc1CN=C(N(C)C)N(C)C.I. The standard InChI is InChI=1S/C14H24N4O2.HI/c1-17(2)14(18(3)4)16-11-12-7-6-8-15-13(12)20-10-9-19-5;/h6-8H,9-11H2,1-5H3;1H. The summed E-state index contributed by atoms with van der Waals surface area (Å²) in [7, 11) is 9.53. The van der Waals surface area contributed by atoms with Crippen molar-refractivity contribution in [1.29, 1.82) is 0 Å². The van der Waals surface area contributed by atoms with Crippen molar-refractivity contribution in [3.05, 3.63) is 23.9 Å². The lowest BCUT2D eigenvalue weighted by Crippen LogP contribution is -2.35. The Morgan fingerprint density at radius 3 is 2.43 bits per heavy atom. The Morgan fingerprint density at radius 2 is 1.86 bits per heavy atom. The number of nitrogens with zero attached hydrogens (tertiary/aromatic N) is 4. The number of methoxy groups -OCH3 is 1. The van der Waals surface area contributed by atoms with Crippen LogP contribution in [-0.2, 0) is 11.3 Å². The van der Waals surface area contributed by atoms with Crippen molar-refractivity contribution in [2.24, 2.45) is 4.99 Å². The number of guanidine groups is 1. The van der Waals surface area contributed by atoms with Gasteiger partial charge < -0.3 is 19.3 Å². The van der Waals surface area contributed by atoms with E-state index in [0.717, 1.165) is 11.5 Å². The van der Waals surface area contributed by atoms with Crippen molar-refractivity contribution in [2.75, 3.05) is 48.5 Å². The normalized spacial score (nSPS) is 9.57. The van der Waals surface area contributed by atoms with Crippen LogP contribution in [0.4, 0.5) is 0 Å². The van der Waals surface area contributed by atoms with E-state index in [9.17, 15) is 0 Å². The minimum atomic E-state index is 0. The second kappa shape index (κ2) is 10.6. The Bertz CT molecular complexity index is 429. The molecule has 6 nitrogen and oxygen atoms in total. The number of hydrogen-bond donors (Lipinski definition) is 0. The molecule has 21 heavy (non-hydrogen) atoms. The highest BCUT2D eigenvalue weighted by Crippen LogP contribution is 2.15. The summed E-state index contributed by atoms with van der Waals surface area (Å²) in [6.07, 6.45) is 1.72. The Labute approximate surface area is 144 Å². The molecule has 0 aliphatic carbocycles. The molecule has 1 rings (SSSR count). The lowest BCUT2D eigenvalue weighted by molar-refractivity contribution is 0.143. The molecule has 0 atom stereocenters. The van der Waals surface area contributed by atoms with Crippen LogP contribution in [0.3, 0.4) is 0 Å². The highest BCUT2D eigenvalue weighted by atomic mass is 127. The third kappa shape index (κ3) is 6.94. The molecule has 0 spiro atoms. The minimum Gasteiger partial charge on any atom is -0.475 e. The summed E-state index contributed by atoms with van der Waals surface area (Å²) in [4.78, 5) is 12.8. The number of hydrogen-bond acceptors (Lipinski definition) is 4. The maximum Gasteiger partial charge on any atom is 0.218 e. The molecular formula is C14H25IN4O2. The number of pyridine rings is 1. The van der Waals surface area contributed by atoms with Crippen LogP contribution in [0.15, 0.2) is 23.3 Å². The second-order valence-electron chi connectivity index (χ2n) is 4.71. The largest absolute Gasteiger partial charge is 0.475 e. The number of rotatable bonds is 6. The number of aromatic nitrogens is 1. The van der Waals surface area contributed by atoms with Gasteiger partial charge in [-0.25, -0.2) is 9.98 Å². The first-order valence-electron chi connectivity index (χ1n) is 6.51. The van der Waals surface area contributed by atoms with Crippen LogP contribution in [0, 0.1) is 0 Å². The highest BCUT2D eigenvalue weighted by molar-refractivity contribution is 14.0. The smallest absolute Gasteiger partial charge is 0.218 e. The topological polar surface area (TPSA) is 50.2 Å². The Balaban J connectivity index is 0.00000400.